The Kier molecular flexibility index (Phi) is 4.83. The molecule has 112 valence electrons. The standard InChI is InChI=1S/C15H23NO3S/c1-3-4-13-5-7-15(8-6-13)20(18,19)16-10-9-14(11-16)12(2)17/h5-8,12,14,17H,3-4,9-11H2,1-2H3. The van der Waals surface area contributed by atoms with E-state index in [1.807, 2.05) is 12.1 Å². The highest BCUT2D eigenvalue weighted by molar-refractivity contribution is 7.89. The largest absolute Gasteiger partial charge is 0.393 e. The lowest BCUT2D eigenvalue weighted by atomic mass is 10.0. The van der Waals surface area contributed by atoms with Crippen LogP contribution in [0.4, 0.5) is 0 Å². The Bertz CT molecular complexity index is 537. The molecule has 5 heteroatoms. The normalized spacial score (nSPS) is 22.1. The Morgan fingerprint density at radius 2 is 2.00 bits per heavy atom. The lowest BCUT2D eigenvalue weighted by Crippen LogP contribution is -2.30. The summed E-state index contributed by atoms with van der Waals surface area (Å²) in [7, 11) is -3.41. The molecular weight excluding hydrogens is 274 g/mol. The van der Waals surface area contributed by atoms with E-state index >= 15 is 0 Å². The van der Waals surface area contributed by atoms with E-state index in [9.17, 15) is 13.5 Å². The molecule has 1 aliphatic rings. The van der Waals surface area contributed by atoms with Crippen LogP contribution in [-0.4, -0.2) is 37.0 Å². The van der Waals surface area contributed by atoms with Gasteiger partial charge in [-0.3, -0.25) is 0 Å². The summed E-state index contributed by atoms with van der Waals surface area (Å²) in [5.74, 6) is 0.0455. The molecule has 1 saturated heterocycles. The minimum absolute atomic E-state index is 0.0455. The first-order valence-electron chi connectivity index (χ1n) is 7.22. The van der Waals surface area contributed by atoms with E-state index in [0.29, 0.717) is 18.0 Å². The smallest absolute Gasteiger partial charge is 0.243 e. The van der Waals surface area contributed by atoms with Crippen LogP contribution in [0.2, 0.25) is 0 Å². The number of hydrogen-bond donors (Lipinski definition) is 1. The van der Waals surface area contributed by atoms with Crippen LogP contribution in [0.3, 0.4) is 0 Å². The Morgan fingerprint density at radius 1 is 1.35 bits per heavy atom. The van der Waals surface area contributed by atoms with Crippen LogP contribution in [0.25, 0.3) is 0 Å². The van der Waals surface area contributed by atoms with Crippen molar-refractivity contribution in [3.8, 4) is 0 Å². The Balaban J connectivity index is 2.14. The van der Waals surface area contributed by atoms with Crippen LogP contribution in [0.15, 0.2) is 29.2 Å². The molecule has 0 bridgehead atoms. The predicted octanol–water partition coefficient (Wildman–Crippen LogP) is 2.03. The molecule has 4 nitrogen and oxygen atoms in total. The zero-order valence-electron chi connectivity index (χ0n) is 12.1. The first kappa shape index (κ1) is 15.5. The summed E-state index contributed by atoms with van der Waals surface area (Å²) in [6.07, 6.45) is 2.29. The van der Waals surface area contributed by atoms with Crippen molar-refractivity contribution in [2.75, 3.05) is 13.1 Å². The Hall–Kier alpha value is -0.910. The second-order valence-corrected chi connectivity index (χ2v) is 7.48. The Labute approximate surface area is 121 Å². The molecule has 1 fully saturated rings. The van der Waals surface area contributed by atoms with Crippen molar-refractivity contribution in [2.45, 2.75) is 44.1 Å². The van der Waals surface area contributed by atoms with Gasteiger partial charge in [0.1, 0.15) is 0 Å². The van der Waals surface area contributed by atoms with Crippen molar-refractivity contribution in [1.29, 1.82) is 0 Å². The third-order valence-corrected chi connectivity index (χ3v) is 5.85. The molecule has 2 unspecified atom stereocenters. The fraction of sp³-hybridized carbons (Fsp3) is 0.600. The number of nitrogens with zero attached hydrogens (tertiary/aromatic N) is 1. The van der Waals surface area contributed by atoms with Gasteiger partial charge in [0.25, 0.3) is 0 Å². The van der Waals surface area contributed by atoms with E-state index in [1.165, 1.54) is 4.31 Å². The molecule has 1 aliphatic heterocycles. The summed E-state index contributed by atoms with van der Waals surface area (Å²) in [5.41, 5.74) is 1.16. The monoisotopic (exact) mass is 297 g/mol. The summed E-state index contributed by atoms with van der Waals surface area (Å²) in [6, 6.07) is 7.16. The number of rotatable bonds is 5. The van der Waals surface area contributed by atoms with Gasteiger partial charge in [0.15, 0.2) is 0 Å². The molecule has 0 aromatic heterocycles. The minimum atomic E-state index is -3.41. The fourth-order valence-corrected chi connectivity index (χ4v) is 4.14. The molecule has 2 atom stereocenters. The fourth-order valence-electron chi connectivity index (χ4n) is 2.63. The van der Waals surface area contributed by atoms with E-state index in [4.69, 9.17) is 0 Å². The van der Waals surface area contributed by atoms with E-state index in [-0.39, 0.29) is 5.92 Å². The summed E-state index contributed by atoms with van der Waals surface area (Å²) in [5, 5.41) is 9.58. The van der Waals surface area contributed by atoms with Crippen LogP contribution < -0.4 is 0 Å². The van der Waals surface area contributed by atoms with E-state index in [2.05, 4.69) is 6.92 Å². The molecule has 1 aromatic rings. The molecule has 0 radical (unpaired) electrons. The van der Waals surface area contributed by atoms with Crippen LogP contribution in [0, 0.1) is 5.92 Å². The summed E-state index contributed by atoms with van der Waals surface area (Å²) < 4.78 is 26.5. The highest BCUT2D eigenvalue weighted by atomic mass is 32.2. The highest BCUT2D eigenvalue weighted by Gasteiger charge is 2.34. The minimum Gasteiger partial charge on any atom is -0.393 e. The molecule has 0 saturated carbocycles. The van der Waals surface area contributed by atoms with Crippen LogP contribution in [0.5, 0.6) is 0 Å². The van der Waals surface area contributed by atoms with E-state index in [0.717, 1.165) is 24.8 Å². The maximum absolute atomic E-state index is 12.5. The number of aliphatic hydroxyl groups excluding tert-OH is 1. The van der Waals surface area contributed by atoms with Gasteiger partial charge < -0.3 is 5.11 Å². The van der Waals surface area contributed by atoms with Gasteiger partial charge >= 0.3 is 0 Å². The summed E-state index contributed by atoms with van der Waals surface area (Å²) in [6.45, 7) is 4.73. The van der Waals surface area contributed by atoms with E-state index in [1.54, 1.807) is 19.1 Å². The summed E-state index contributed by atoms with van der Waals surface area (Å²) in [4.78, 5) is 0.351. The van der Waals surface area contributed by atoms with Gasteiger partial charge in [-0.1, -0.05) is 25.5 Å². The van der Waals surface area contributed by atoms with Crippen molar-refractivity contribution in [2.24, 2.45) is 5.92 Å². The zero-order chi connectivity index (χ0) is 14.8. The van der Waals surface area contributed by atoms with Gasteiger partial charge in [0, 0.05) is 13.1 Å². The number of hydrogen-bond acceptors (Lipinski definition) is 3. The first-order valence-corrected chi connectivity index (χ1v) is 8.66. The highest BCUT2D eigenvalue weighted by Crippen LogP contribution is 2.26. The number of aliphatic hydroxyl groups is 1. The van der Waals surface area contributed by atoms with Crippen molar-refractivity contribution in [3.63, 3.8) is 0 Å². The maximum atomic E-state index is 12.5. The SMILES string of the molecule is CCCc1ccc(S(=O)(=O)N2CCC(C(C)O)C2)cc1. The molecule has 1 aromatic carbocycles. The van der Waals surface area contributed by atoms with Gasteiger partial charge in [-0.05, 0) is 43.4 Å². The van der Waals surface area contributed by atoms with Crippen LogP contribution in [0.1, 0.15) is 32.3 Å². The topological polar surface area (TPSA) is 57.6 Å². The molecule has 0 amide bonds. The second kappa shape index (κ2) is 6.24. The quantitative estimate of drug-likeness (QED) is 0.904. The van der Waals surface area contributed by atoms with Gasteiger partial charge in [-0.15, -0.1) is 0 Å². The van der Waals surface area contributed by atoms with Crippen LogP contribution in [-0.2, 0) is 16.4 Å². The van der Waals surface area contributed by atoms with Crippen molar-refractivity contribution < 1.29 is 13.5 Å². The molecule has 20 heavy (non-hydrogen) atoms. The van der Waals surface area contributed by atoms with Crippen molar-refractivity contribution >= 4 is 10.0 Å². The average Bonchev–Trinajstić information content (AvgIpc) is 2.90. The third kappa shape index (κ3) is 3.22. The van der Waals surface area contributed by atoms with Crippen molar-refractivity contribution in [3.05, 3.63) is 29.8 Å². The molecular formula is C15H23NO3S. The number of benzene rings is 1. The van der Waals surface area contributed by atoms with Crippen LogP contribution >= 0.6 is 0 Å². The lowest BCUT2D eigenvalue weighted by Gasteiger charge is -2.18. The van der Waals surface area contributed by atoms with Gasteiger partial charge in [0.2, 0.25) is 10.0 Å². The van der Waals surface area contributed by atoms with Crippen molar-refractivity contribution in [1.82, 2.24) is 4.31 Å². The molecule has 1 heterocycles. The zero-order valence-corrected chi connectivity index (χ0v) is 12.9. The maximum Gasteiger partial charge on any atom is 0.243 e. The lowest BCUT2D eigenvalue weighted by molar-refractivity contribution is 0.133. The molecule has 1 N–H and O–H groups in total. The van der Waals surface area contributed by atoms with E-state index < -0.39 is 16.1 Å². The number of aryl methyl sites for hydroxylation is 1. The van der Waals surface area contributed by atoms with Gasteiger partial charge in [-0.25, -0.2) is 8.42 Å². The molecule has 0 aliphatic carbocycles. The van der Waals surface area contributed by atoms with Gasteiger partial charge in [0.05, 0.1) is 11.0 Å². The predicted molar refractivity (Wildman–Crippen MR) is 79.0 cm³/mol. The first-order chi connectivity index (χ1) is 9.45. The number of sulfonamides is 1. The average molecular weight is 297 g/mol. The molecule has 0 spiro atoms. The third-order valence-electron chi connectivity index (χ3n) is 3.97. The Morgan fingerprint density at radius 3 is 2.50 bits per heavy atom. The summed E-state index contributed by atoms with van der Waals surface area (Å²) >= 11 is 0. The second-order valence-electron chi connectivity index (χ2n) is 5.55. The molecule has 2 rings (SSSR count). The van der Waals surface area contributed by atoms with Gasteiger partial charge in [-0.2, -0.15) is 4.31 Å².